The van der Waals surface area contributed by atoms with Gasteiger partial charge in [-0.05, 0) is 51.2 Å². The number of aromatic nitrogens is 2. The Balaban J connectivity index is 1.28. The van der Waals surface area contributed by atoms with Crippen LogP contribution in [0.5, 0.6) is 0 Å². The van der Waals surface area contributed by atoms with Crippen LogP contribution in [0.25, 0.3) is 67.1 Å². The zero-order valence-corrected chi connectivity index (χ0v) is 21.2. The fraction of sp³-hybridized carbons (Fsp3) is 0. The van der Waals surface area contributed by atoms with Crippen molar-refractivity contribution < 1.29 is 4.42 Å². The molecule has 0 aliphatic rings. The number of furan rings is 1. The Morgan fingerprint density at radius 3 is 1.72 bits per heavy atom. The molecule has 2 aromatic heterocycles. The zero-order valence-electron chi connectivity index (χ0n) is 21.2. The molecule has 0 unspecified atom stereocenters. The minimum Gasteiger partial charge on any atom is -0.461 e. The molecule has 39 heavy (non-hydrogen) atoms. The number of fused-ring (bicyclic) bond motifs is 1. The average molecular weight is 501 g/mol. The summed E-state index contributed by atoms with van der Waals surface area (Å²) in [5.74, 6) is 1.21. The molecule has 0 fully saturated rings. The van der Waals surface area contributed by atoms with Crippen molar-refractivity contribution in [2.45, 2.75) is 0 Å². The lowest BCUT2D eigenvalue weighted by Crippen LogP contribution is -1.95. The van der Waals surface area contributed by atoms with Crippen LogP contribution in [-0.4, -0.2) is 9.97 Å². The second-order valence-corrected chi connectivity index (χ2v) is 9.49. The fourth-order valence-electron chi connectivity index (χ4n) is 5.02. The molecule has 2 heterocycles. The van der Waals surface area contributed by atoms with Gasteiger partial charge in [0.15, 0.2) is 11.6 Å². The van der Waals surface area contributed by atoms with Crippen LogP contribution in [0.3, 0.4) is 0 Å². The Morgan fingerprint density at radius 1 is 0.436 bits per heavy atom. The van der Waals surface area contributed by atoms with Crippen LogP contribution in [0, 0.1) is 0 Å². The zero-order chi connectivity index (χ0) is 26.0. The van der Waals surface area contributed by atoms with Gasteiger partial charge in [-0.25, -0.2) is 9.97 Å². The summed E-state index contributed by atoms with van der Waals surface area (Å²) in [7, 11) is 0. The maximum absolute atomic E-state index is 5.67. The van der Waals surface area contributed by atoms with Gasteiger partial charge in [-0.15, -0.1) is 0 Å². The summed E-state index contributed by atoms with van der Waals surface area (Å²) < 4.78 is 5.67. The van der Waals surface area contributed by atoms with Gasteiger partial charge in [-0.2, -0.15) is 0 Å². The summed E-state index contributed by atoms with van der Waals surface area (Å²) in [6.07, 6.45) is 1.65. The molecule has 184 valence electrons. The molecule has 3 nitrogen and oxygen atoms in total. The van der Waals surface area contributed by atoms with Gasteiger partial charge in [0.25, 0.3) is 0 Å². The molecule has 0 amide bonds. The minimum absolute atomic E-state index is 0.567. The highest BCUT2D eigenvalue weighted by Crippen LogP contribution is 2.32. The quantitative estimate of drug-likeness (QED) is 0.236. The Morgan fingerprint density at radius 2 is 1.03 bits per heavy atom. The van der Waals surface area contributed by atoms with Crippen molar-refractivity contribution in [1.82, 2.24) is 9.97 Å². The molecule has 7 rings (SSSR count). The van der Waals surface area contributed by atoms with Crippen LogP contribution in [0.2, 0.25) is 0 Å². The van der Waals surface area contributed by atoms with E-state index in [1.165, 1.54) is 33.0 Å². The van der Waals surface area contributed by atoms with Crippen LogP contribution in [0.1, 0.15) is 0 Å². The lowest BCUT2D eigenvalue weighted by Gasteiger charge is -2.10. The number of hydrogen-bond donors (Lipinski definition) is 0. The first-order chi connectivity index (χ1) is 19.3. The first-order valence-electron chi connectivity index (χ1n) is 13.0. The lowest BCUT2D eigenvalue weighted by molar-refractivity contribution is 0.577. The molecule has 0 bridgehead atoms. The van der Waals surface area contributed by atoms with Crippen molar-refractivity contribution in [2.24, 2.45) is 0 Å². The highest BCUT2D eigenvalue weighted by Gasteiger charge is 2.13. The number of hydrogen-bond acceptors (Lipinski definition) is 3. The van der Waals surface area contributed by atoms with Gasteiger partial charge in [0.05, 0.1) is 17.7 Å². The van der Waals surface area contributed by atoms with E-state index in [4.69, 9.17) is 14.4 Å². The van der Waals surface area contributed by atoms with E-state index in [0.29, 0.717) is 11.6 Å². The van der Waals surface area contributed by atoms with Crippen molar-refractivity contribution in [3.05, 3.63) is 146 Å². The van der Waals surface area contributed by atoms with Gasteiger partial charge in [-0.1, -0.05) is 121 Å². The maximum Gasteiger partial charge on any atom is 0.196 e. The smallest absolute Gasteiger partial charge is 0.196 e. The standard InChI is InChI=1S/C36H24N2O/c1-2-8-25(9-3-1)26-15-19-29(20-16-26)33-24-34(38-36(37-33)35-14-7-23-39-35)30-21-17-28(18-22-30)32-13-6-11-27-10-4-5-12-31(27)32/h1-24H. The summed E-state index contributed by atoms with van der Waals surface area (Å²) in [5.41, 5.74) is 8.51. The predicted octanol–water partition coefficient (Wildman–Crippen LogP) is 9.56. The van der Waals surface area contributed by atoms with Gasteiger partial charge >= 0.3 is 0 Å². The van der Waals surface area contributed by atoms with Gasteiger partial charge in [0, 0.05) is 11.1 Å². The Hall–Kier alpha value is -5.28. The van der Waals surface area contributed by atoms with Crippen molar-refractivity contribution in [3.63, 3.8) is 0 Å². The molecule has 0 N–H and O–H groups in total. The van der Waals surface area contributed by atoms with Crippen molar-refractivity contribution >= 4 is 10.8 Å². The summed E-state index contributed by atoms with van der Waals surface area (Å²) >= 11 is 0. The molecule has 0 spiro atoms. The molecule has 0 saturated carbocycles. The SMILES string of the molecule is c1ccc(-c2ccc(-c3cc(-c4ccc(-c5cccc6ccccc56)cc4)nc(-c4ccco4)n3)cc2)cc1. The van der Waals surface area contributed by atoms with E-state index in [0.717, 1.165) is 22.5 Å². The van der Waals surface area contributed by atoms with Gasteiger partial charge in [0.2, 0.25) is 0 Å². The normalized spacial score (nSPS) is 11.1. The monoisotopic (exact) mass is 500 g/mol. The molecule has 5 aromatic carbocycles. The molecular weight excluding hydrogens is 476 g/mol. The molecule has 0 aliphatic heterocycles. The third-order valence-electron chi connectivity index (χ3n) is 7.04. The van der Waals surface area contributed by atoms with E-state index in [9.17, 15) is 0 Å². The molecule has 7 aromatic rings. The fourth-order valence-corrected chi connectivity index (χ4v) is 5.02. The topological polar surface area (TPSA) is 38.9 Å². The van der Waals surface area contributed by atoms with E-state index >= 15 is 0 Å². The van der Waals surface area contributed by atoms with Gasteiger partial charge < -0.3 is 4.42 Å². The van der Waals surface area contributed by atoms with E-state index in [1.54, 1.807) is 6.26 Å². The summed E-state index contributed by atoms with van der Waals surface area (Å²) in [6, 6.07) is 48.2. The second-order valence-electron chi connectivity index (χ2n) is 9.49. The van der Waals surface area contributed by atoms with Crippen LogP contribution < -0.4 is 0 Å². The maximum atomic E-state index is 5.67. The number of rotatable bonds is 5. The highest BCUT2D eigenvalue weighted by molar-refractivity contribution is 5.96. The van der Waals surface area contributed by atoms with Crippen LogP contribution >= 0.6 is 0 Å². The number of nitrogens with zero attached hydrogens (tertiary/aromatic N) is 2. The minimum atomic E-state index is 0.567. The molecule has 0 atom stereocenters. The van der Waals surface area contributed by atoms with Crippen molar-refractivity contribution in [3.8, 4) is 56.4 Å². The lowest BCUT2D eigenvalue weighted by atomic mass is 9.97. The van der Waals surface area contributed by atoms with E-state index in [1.807, 2.05) is 18.2 Å². The van der Waals surface area contributed by atoms with E-state index in [2.05, 4.69) is 121 Å². The third kappa shape index (κ3) is 4.51. The van der Waals surface area contributed by atoms with Gasteiger partial charge in [-0.3, -0.25) is 0 Å². The van der Waals surface area contributed by atoms with Crippen molar-refractivity contribution in [1.29, 1.82) is 0 Å². The Labute approximate surface area is 227 Å². The second kappa shape index (κ2) is 9.88. The molecule has 0 saturated heterocycles. The average Bonchev–Trinajstić information content (AvgIpc) is 3.57. The van der Waals surface area contributed by atoms with E-state index < -0.39 is 0 Å². The molecule has 0 radical (unpaired) electrons. The molecule has 0 aliphatic carbocycles. The third-order valence-corrected chi connectivity index (χ3v) is 7.04. The van der Waals surface area contributed by atoms with E-state index in [-0.39, 0.29) is 0 Å². The Kier molecular flexibility index (Phi) is 5.80. The summed E-state index contributed by atoms with van der Waals surface area (Å²) in [4.78, 5) is 9.75. The van der Waals surface area contributed by atoms with Crippen LogP contribution in [-0.2, 0) is 0 Å². The first kappa shape index (κ1) is 22.9. The first-order valence-corrected chi connectivity index (χ1v) is 13.0. The molecular formula is C36H24N2O. The van der Waals surface area contributed by atoms with Crippen LogP contribution in [0.15, 0.2) is 150 Å². The number of benzene rings is 5. The van der Waals surface area contributed by atoms with Crippen LogP contribution in [0.4, 0.5) is 0 Å². The van der Waals surface area contributed by atoms with Crippen molar-refractivity contribution in [2.75, 3.05) is 0 Å². The summed E-state index contributed by atoms with van der Waals surface area (Å²) in [6.45, 7) is 0. The highest BCUT2D eigenvalue weighted by atomic mass is 16.3. The summed E-state index contributed by atoms with van der Waals surface area (Å²) in [5, 5.41) is 2.48. The largest absolute Gasteiger partial charge is 0.461 e. The predicted molar refractivity (Wildman–Crippen MR) is 159 cm³/mol. The molecule has 3 heteroatoms. The van der Waals surface area contributed by atoms with Gasteiger partial charge in [0.1, 0.15) is 0 Å². The Bertz CT molecular complexity index is 1870.